The summed E-state index contributed by atoms with van der Waals surface area (Å²) in [6, 6.07) is 25.0. The Balaban J connectivity index is 1.75. The van der Waals surface area contributed by atoms with Gasteiger partial charge in [0.2, 0.25) is 5.78 Å². The monoisotopic (exact) mass is 454 g/mol. The maximum Gasteiger partial charge on any atom is 0.329 e. The van der Waals surface area contributed by atoms with E-state index in [9.17, 15) is 19.2 Å². The number of benzene rings is 3. The quantitative estimate of drug-likeness (QED) is 0.481. The van der Waals surface area contributed by atoms with Crippen LogP contribution < -0.4 is 5.32 Å². The maximum atomic E-state index is 14.3. The average molecular weight is 454 g/mol. The van der Waals surface area contributed by atoms with Crippen molar-refractivity contribution >= 4 is 23.7 Å². The van der Waals surface area contributed by atoms with Crippen molar-refractivity contribution in [2.75, 3.05) is 0 Å². The third-order valence-electron chi connectivity index (χ3n) is 6.44. The smallest absolute Gasteiger partial charge is 0.329 e. The molecule has 0 radical (unpaired) electrons. The van der Waals surface area contributed by atoms with Crippen LogP contribution in [-0.4, -0.2) is 28.6 Å². The minimum atomic E-state index is -2.20. The van der Waals surface area contributed by atoms with E-state index in [-0.39, 0.29) is 12.0 Å². The van der Waals surface area contributed by atoms with Crippen molar-refractivity contribution in [3.8, 4) is 0 Å². The van der Waals surface area contributed by atoms with E-state index in [2.05, 4.69) is 5.32 Å². The highest BCUT2D eigenvalue weighted by Gasteiger charge is 2.65. The van der Waals surface area contributed by atoms with Gasteiger partial charge >= 0.3 is 12.0 Å². The van der Waals surface area contributed by atoms with E-state index in [4.69, 9.17) is 4.74 Å². The number of ether oxygens (including phenoxy) is 1. The number of ketones is 1. The summed E-state index contributed by atoms with van der Waals surface area (Å²) in [6.07, 6.45) is -0.158. The number of rotatable bonds is 4. The van der Waals surface area contributed by atoms with Crippen LogP contribution in [0.5, 0.6) is 0 Å². The highest BCUT2D eigenvalue weighted by molar-refractivity contribution is 6.14. The maximum absolute atomic E-state index is 14.3. The Bertz CT molecular complexity index is 1240. The Morgan fingerprint density at radius 3 is 1.74 bits per heavy atom. The highest BCUT2D eigenvalue weighted by atomic mass is 16.6. The molecule has 3 aromatic carbocycles. The van der Waals surface area contributed by atoms with Crippen LogP contribution in [0.2, 0.25) is 0 Å². The number of nitrogens with one attached hydrogen (secondary N) is 1. The lowest BCUT2D eigenvalue weighted by atomic mass is 9.81. The van der Waals surface area contributed by atoms with Crippen molar-refractivity contribution in [2.45, 2.75) is 24.6 Å². The van der Waals surface area contributed by atoms with Crippen LogP contribution in [0.15, 0.2) is 91.0 Å². The summed E-state index contributed by atoms with van der Waals surface area (Å²) in [5.41, 5.74) is -2.52. The van der Waals surface area contributed by atoms with Gasteiger partial charge in [-0.15, -0.1) is 0 Å². The van der Waals surface area contributed by atoms with E-state index in [1.807, 2.05) is 0 Å². The second kappa shape index (κ2) is 7.95. The van der Waals surface area contributed by atoms with Gasteiger partial charge in [0.05, 0.1) is 5.92 Å². The predicted molar refractivity (Wildman–Crippen MR) is 122 cm³/mol. The molecule has 170 valence electrons. The van der Waals surface area contributed by atoms with Gasteiger partial charge in [0.15, 0.2) is 5.54 Å². The number of esters is 1. The molecule has 2 saturated heterocycles. The summed E-state index contributed by atoms with van der Waals surface area (Å²) in [7, 11) is 0. The van der Waals surface area contributed by atoms with E-state index in [1.165, 1.54) is 0 Å². The summed E-state index contributed by atoms with van der Waals surface area (Å²) in [4.78, 5) is 55.1. The second-order valence-corrected chi connectivity index (χ2v) is 8.51. The van der Waals surface area contributed by atoms with Crippen molar-refractivity contribution < 1.29 is 23.9 Å². The number of Topliss-reactive ketones (excluding diaryl/α,β-unsaturated/α-hetero) is 1. The minimum absolute atomic E-state index is 0.158. The molecule has 2 fully saturated rings. The van der Waals surface area contributed by atoms with Crippen LogP contribution in [0.25, 0.3) is 0 Å². The molecule has 2 aliphatic heterocycles. The third kappa shape index (κ3) is 2.97. The third-order valence-corrected chi connectivity index (χ3v) is 6.44. The Morgan fingerprint density at radius 1 is 0.765 bits per heavy atom. The molecule has 0 bridgehead atoms. The second-order valence-electron chi connectivity index (χ2n) is 8.51. The van der Waals surface area contributed by atoms with Gasteiger partial charge in [0, 0.05) is 12.0 Å². The number of hydrogen-bond acceptors (Lipinski definition) is 5. The number of nitrogens with zero attached hydrogens (tertiary/aromatic N) is 1. The van der Waals surface area contributed by atoms with Crippen LogP contribution in [0.4, 0.5) is 4.79 Å². The SMILES string of the molecule is CC1CC(=O)C(c2ccccc2)(N2C(=O)NC(c3ccccc3)(c3ccccc3)C2=O)OC1=O. The van der Waals surface area contributed by atoms with Crippen molar-refractivity contribution in [1.82, 2.24) is 10.2 Å². The van der Waals surface area contributed by atoms with Crippen molar-refractivity contribution in [2.24, 2.45) is 5.92 Å². The van der Waals surface area contributed by atoms with Crippen LogP contribution in [0.1, 0.15) is 30.0 Å². The number of cyclic esters (lactones) is 1. The Kier molecular flexibility index (Phi) is 5.05. The number of amides is 3. The fourth-order valence-corrected chi connectivity index (χ4v) is 4.74. The van der Waals surface area contributed by atoms with Gasteiger partial charge < -0.3 is 10.1 Å². The van der Waals surface area contributed by atoms with Crippen molar-refractivity contribution in [1.29, 1.82) is 0 Å². The Labute approximate surface area is 196 Å². The normalized spacial score (nSPS) is 24.0. The zero-order valence-electron chi connectivity index (χ0n) is 18.4. The molecule has 1 N–H and O–H groups in total. The largest absolute Gasteiger partial charge is 0.426 e. The summed E-state index contributed by atoms with van der Waals surface area (Å²) in [5.74, 6) is -2.57. The number of imide groups is 1. The first kappa shape index (κ1) is 21.6. The van der Waals surface area contributed by atoms with Gasteiger partial charge in [-0.1, -0.05) is 97.9 Å². The molecule has 2 aliphatic rings. The average Bonchev–Trinajstić information content (AvgIpc) is 3.14. The van der Waals surface area contributed by atoms with Gasteiger partial charge in [0.25, 0.3) is 11.6 Å². The zero-order valence-corrected chi connectivity index (χ0v) is 18.4. The molecule has 2 atom stereocenters. The predicted octanol–water partition coefficient (Wildman–Crippen LogP) is 3.49. The van der Waals surface area contributed by atoms with Crippen LogP contribution in [0.3, 0.4) is 0 Å². The van der Waals surface area contributed by atoms with E-state index in [1.54, 1.807) is 97.9 Å². The summed E-state index contributed by atoms with van der Waals surface area (Å²) >= 11 is 0. The summed E-state index contributed by atoms with van der Waals surface area (Å²) in [6.45, 7) is 1.58. The first-order valence-corrected chi connectivity index (χ1v) is 11.0. The first-order chi connectivity index (χ1) is 16.4. The highest BCUT2D eigenvalue weighted by Crippen LogP contribution is 2.45. The van der Waals surface area contributed by atoms with Crippen molar-refractivity contribution in [3.05, 3.63) is 108 Å². The number of hydrogen-bond donors (Lipinski definition) is 1. The molecule has 0 saturated carbocycles. The molecule has 34 heavy (non-hydrogen) atoms. The van der Waals surface area contributed by atoms with Crippen LogP contribution in [-0.2, 0) is 30.4 Å². The van der Waals surface area contributed by atoms with E-state index in [0.29, 0.717) is 11.1 Å². The van der Waals surface area contributed by atoms with Gasteiger partial charge in [-0.25, -0.2) is 9.69 Å². The molecule has 7 heteroatoms. The number of urea groups is 1. The van der Waals surface area contributed by atoms with E-state index >= 15 is 0 Å². The molecular formula is C27H22N2O5. The Morgan fingerprint density at radius 2 is 1.24 bits per heavy atom. The van der Waals surface area contributed by atoms with Crippen molar-refractivity contribution in [3.63, 3.8) is 0 Å². The zero-order chi connectivity index (χ0) is 23.9. The van der Waals surface area contributed by atoms with E-state index < -0.39 is 40.9 Å². The number of carbonyl (C=O) groups is 4. The molecular weight excluding hydrogens is 432 g/mol. The summed E-state index contributed by atoms with van der Waals surface area (Å²) < 4.78 is 5.73. The fourth-order valence-electron chi connectivity index (χ4n) is 4.74. The molecule has 3 aromatic rings. The molecule has 0 aliphatic carbocycles. The minimum Gasteiger partial charge on any atom is -0.426 e. The van der Waals surface area contributed by atoms with Gasteiger partial charge in [-0.3, -0.25) is 14.4 Å². The van der Waals surface area contributed by atoms with E-state index in [0.717, 1.165) is 4.90 Å². The molecule has 2 heterocycles. The first-order valence-electron chi connectivity index (χ1n) is 11.0. The van der Waals surface area contributed by atoms with Crippen LogP contribution >= 0.6 is 0 Å². The molecule has 5 rings (SSSR count). The lowest BCUT2D eigenvalue weighted by Crippen LogP contribution is -2.61. The fraction of sp³-hybridized carbons (Fsp3) is 0.185. The molecule has 0 aromatic heterocycles. The standard InChI is InChI=1S/C27H22N2O5/c1-18-17-22(30)27(34-23(18)31,21-15-9-4-10-16-21)29-24(32)26(28-25(29)33,19-11-5-2-6-12-19)20-13-7-3-8-14-20/h2-16,18H,17H2,1H3,(H,28,33). The lowest BCUT2D eigenvalue weighted by Gasteiger charge is -2.42. The molecule has 0 spiro atoms. The molecule has 2 unspecified atom stereocenters. The molecule has 7 nitrogen and oxygen atoms in total. The number of carbonyl (C=O) groups excluding carboxylic acids is 4. The molecule has 3 amide bonds. The van der Waals surface area contributed by atoms with Crippen LogP contribution in [0, 0.1) is 5.92 Å². The Hall–Kier alpha value is -4.26. The van der Waals surface area contributed by atoms with Gasteiger partial charge in [-0.05, 0) is 11.1 Å². The van der Waals surface area contributed by atoms with Gasteiger partial charge in [0.1, 0.15) is 0 Å². The lowest BCUT2D eigenvalue weighted by molar-refractivity contribution is -0.201. The van der Waals surface area contributed by atoms with Gasteiger partial charge in [-0.2, -0.15) is 0 Å². The topological polar surface area (TPSA) is 92.8 Å². The summed E-state index contributed by atoms with van der Waals surface area (Å²) in [5, 5.41) is 2.83.